The van der Waals surface area contributed by atoms with E-state index in [0.717, 1.165) is 77.3 Å². The van der Waals surface area contributed by atoms with Crippen molar-refractivity contribution in [3.8, 4) is 100 Å². The van der Waals surface area contributed by atoms with Crippen molar-refractivity contribution in [3.05, 3.63) is 352 Å². The van der Waals surface area contributed by atoms with Crippen LogP contribution in [-0.2, 0) is 0 Å². The quantitative estimate of drug-likeness (QED) is 0.135. The van der Waals surface area contributed by atoms with Crippen molar-refractivity contribution in [1.82, 2.24) is 0 Å². The minimum Gasteiger partial charge on any atom is -0.456 e. The third-order valence-corrected chi connectivity index (χ3v) is 20.6. The van der Waals surface area contributed by atoms with Crippen molar-refractivity contribution in [2.75, 3.05) is 0 Å². The van der Waals surface area contributed by atoms with Crippen LogP contribution in [0.2, 0.25) is 0 Å². The largest absolute Gasteiger partial charge is 0.456 e. The molecule has 0 unspecified atom stereocenters. The summed E-state index contributed by atoms with van der Waals surface area (Å²) in [7, 11) is 0. The Balaban J connectivity index is 0.654. The second-order valence-corrected chi connectivity index (χ2v) is 26.0. The summed E-state index contributed by atoms with van der Waals surface area (Å²) in [6.07, 6.45) is 0. The fourth-order valence-electron chi connectivity index (χ4n) is 16.2. The minimum atomic E-state index is 0.884. The first-order valence-electron chi connectivity index (χ1n) is 33.8. The molecule has 0 aliphatic heterocycles. The highest BCUT2D eigenvalue weighted by molar-refractivity contribution is 6.29. The molecule has 2 heterocycles. The van der Waals surface area contributed by atoms with Crippen LogP contribution in [0.25, 0.3) is 209 Å². The highest BCUT2D eigenvalue weighted by atomic mass is 16.3. The zero-order valence-corrected chi connectivity index (χ0v) is 53.3. The maximum absolute atomic E-state index is 6.83. The van der Waals surface area contributed by atoms with Crippen LogP contribution < -0.4 is 0 Å². The molecule has 2 aromatic heterocycles. The molecule has 0 aliphatic rings. The van der Waals surface area contributed by atoms with Gasteiger partial charge in [-0.05, 0) is 214 Å². The van der Waals surface area contributed by atoms with Gasteiger partial charge in [-0.15, -0.1) is 0 Å². The smallest absolute Gasteiger partial charge is 0.143 e. The topological polar surface area (TPSA) is 26.3 Å². The molecule has 0 radical (unpaired) electrons. The SMILES string of the molecule is c1ccc(-c2cc(-c3c4ccccc4c(-c4ccccc4-c4ccc5cc(-c6ccc7cc(-c8ccccc8-c8c9ccccc9c(-c9ccc(-c%10ccccc%10)c%10oc%11ccccc%11c9%10)c9ccccc89)ccc7c6)ccc5c4)c4ccccc34)c3c(c2)oc2ccccc23)cc1. The molecule has 0 atom stereocenters. The average Bonchev–Trinajstić information content (AvgIpc) is 1.29. The van der Waals surface area contributed by atoms with Gasteiger partial charge in [-0.25, -0.2) is 0 Å². The highest BCUT2D eigenvalue weighted by Gasteiger charge is 2.26. The molecule has 2 nitrogen and oxygen atoms in total. The third-order valence-electron chi connectivity index (χ3n) is 20.6. The van der Waals surface area contributed by atoms with Gasteiger partial charge in [-0.2, -0.15) is 0 Å². The van der Waals surface area contributed by atoms with Gasteiger partial charge in [-0.1, -0.05) is 297 Å². The van der Waals surface area contributed by atoms with Gasteiger partial charge >= 0.3 is 0 Å². The van der Waals surface area contributed by atoms with Crippen LogP contribution in [0, 0.1) is 0 Å². The fourth-order valence-corrected chi connectivity index (χ4v) is 16.2. The number of para-hydroxylation sites is 2. The van der Waals surface area contributed by atoms with Gasteiger partial charge in [0.1, 0.15) is 22.3 Å². The van der Waals surface area contributed by atoms with E-state index in [1.807, 2.05) is 0 Å². The van der Waals surface area contributed by atoms with Crippen LogP contribution >= 0.6 is 0 Å². The Labute approximate surface area is 565 Å². The first-order chi connectivity index (χ1) is 48.6. The predicted octanol–water partition coefficient (Wildman–Crippen LogP) is 27.4. The predicted molar refractivity (Wildman–Crippen MR) is 415 cm³/mol. The van der Waals surface area contributed by atoms with Gasteiger partial charge in [0.2, 0.25) is 0 Å². The summed E-state index contributed by atoms with van der Waals surface area (Å²) in [5.41, 5.74) is 24.8. The second-order valence-electron chi connectivity index (χ2n) is 26.0. The minimum absolute atomic E-state index is 0.884. The number of rotatable bonds is 9. The Bertz CT molecular complexity index is 6550. The molecule has 98 heavy (non-hydrogen) atoms. The zero-order valence-electron chi connectivity index (χ0n) is 53.3. The Hall–Kier alpha value is -12.9. The van der Waals surface area contributed by atoms with E-state index >= 15 is 0 Å². The normalized spacial score (nSPS) is 11.9. The Morgan fingerprint density at radius 3 is 0.959 bits per heavy atom. The van der Waals surface area contributed by atoms with Crippen molar-refractivity contribution in [2.45, 2.75) is 0 Å². The van der Waals surface area contributed by atoms with Crippen molar-refractivity contribution in [2.24, 2.45) is 0 Å². The zero-order chi connectivity index (χ0) is 64.4. The van der Waals surface area contributed by atoms with Gasteiger partial charge in [0.05, 0.1) is 0 Å². The summed E-state index contributed by atoms with van der Waals surface area (Å²) >= 11 is 0. The van der Waals surface area contributed by atoms with Crippen molar-refractivity contribution < 1.29 is 8.83 Å². The van der Waals surface area contributed by atoms with Gasteiger partial charge in [0, 0.05) is 27.1 Å². The van der Waals surface area contributed by atoms with E-state index < -0.39 is 0 Å². The number of fused-ring (bicyclic) bond motifs is 12. The molecule has 0 amide bonds. The first-order valence-corrected chi connectivity index (χ1v) is 33.8. The summed E-state index contributed by atoms with van der Waals surface area (Å²) in [5, 5.41) is 18.9. The lowest BCUT2D eigenvalue weighted by Gasteiger charge is -2.20. The molecular formula is C96H58O2. The lowest BCUT2D eigenvalue weighted by molar-refractivity contribution is 0.669. The Morgan fingerprint density at radius 1 is 0.153 bits per heavy atom. The van der Waals surface area contributed by atoms with Crippen molar-refractivity contribution >= 4 is 109 Å². The van der Waals surface area contributed by atoms with E-state index in [1.165, 1.54) is 131 Å². The number of hydrogen-bond donors (Lipinski definition) is 0. The summed E-state index contributed by atoms with van der Waals surface area (Å²) in [4.78, 5) is 0. The fraction of sp³-hybridized carbons (Fsp3) is 0. The van der Waals surface area contributed by atoms with E-state index in [-0.39, 0.29) is 0 Å². The average molecular weight is 1240 g/mol. The number of furan rings is 2. The van der Waals surface area contributed by atoms with Gasteiger partial charge in [0.15, 0.2) is 0 Å². The molecule has 0 saturated carbocycles. The summed E-state index contributed by atoms with van der Waals surface area (Å²) < 4.78 is 13.5. The van der Waals surface area contributed by atoms with Crippen molar-refractivity contribution in [1.29, 1.82) is 0 Å². The molecule has 2 heteroatoms. The molecule has 18 aromatic carbocycles. The number of benzene rings is 18. The van der Waals surface area contributed by atoms with Crippen LogP contribution in [0.5, 0.6) is 0 Å². The van der Waals surface area contributed by atoms with E-state index in [2.05, 4.69) is 352 Å². The summed E-state index contributed by atoms with van der Waals surface area (Å²) in [6.45, 7) is 0. The monoisotopic (exact) mass is 1240 g/mol. The highest BCUT2D eigenvalue weighted by Crippen LogP contribution is 2.53. The lowest BCUT2D eigenvalue weighted by atomic mass is 9.82. The van der Waals surface area contributed by atoms with Crippen LogP contribution in [-0.4, -0.2) is 0 Å². The number of hydrogen-bond acceptors (Lipinski definition) is 2. The molecular weight excluding hydrogens is 1190 g/mol. The second kappa shape index (κ2) is 22.4. The molecule has 0 saturated heterocycles. The van der Waals surface area contributed by atoms with Gasteiger partial charge < -0.3 is 8.83 Å². The maximum atomic E-state index is 6.83. The third kappa shape index (κ3) is 8.82. The first kappa shape index (κ1) is 55.6. The molecule has 0 spiro atoms. The van der Waals surface area contributed by atoms with E-state index in [9.17, 15) is 0 Å². The van der Waals surface area contributed by atoms with E-state index in [1.54, 1.807) is 0 Å². The van der Waals surface area contributed by atoms with Crippen LogP contribution in [0.3, 0.4) is 0 Å². The molecule has 0 N–H and O–H groups in total. The summed E-state index contributed by atoms with van der Waals surface area (Å²) in [6, 6.07) is 129. The van der Waals surface area contributed by atoms with Crippen LogP contribution in [0.4, 0.5) is 0 Å². The maximum Gasteiger partial charge on any atom is 0.143 e. The molecule has 454 valence electrons. The van der Waals surface area contributed by atoms with Crippen LogP contribution in [0.15, 0.2) is 361 Å². The molecule has 0 bridgehead atoms. The van der Waals surface area contributed by atoms with Crippen LogP contribution in [0.1, 0.15) is 0 Å². The van der Waals surface area contributed by atoms with Gasteiger partial charge in [0.25, 0.3) is 0 Å². The van der Waals surface area contributed by atoms with Crippen molar-refractivity contribution in [3.63, 3.8) is 0 Å². The van der Waals surface area contributed by atoms with E-state index in [0.29, 0.717) is 0 Å². The molecule has 20 rings (SSSR count). The Kier molecular flexibility index (Phi) is 12.7. The molecule has 0 aliphatic carbocycles. The Morgan fingerprint density at radius 2 is 0.490 bits per heavy atom. The standard InChI is InChI=1S/C96H58O2/c1-3-23-59(24-4-1)69-57-86(94-83-39-19-21-41-87(83)97-89(94)58-69)93-81-37-17-13-33-77(81)91(78-34-14-18-38-82(78)93)74-30-10-8-28-71(74)68-50-48-64-54-62(44-46-66(64)56-68)61-43-45-65-55-67(49-47-63(65)53-61)70-27-7-9-29-73(70)90-75-31-11-15-35-79(75)92(80-36-16-12-32-76(80)90)85-52-51-72(60-25-5-2-6-26-60)96-95(85)84-40-20-22-42-88(84)98-96/h1-58H. The molecule has 20 aromatic rings. The molecule has 0 fully saturated rings. The summed E-state index contributed by atoms with van der Waals surface area (Å²) in [5.74, 6) is 0. The van der Waals surface area contributed by atoms with E-state index in [4.69, 9.17) is 8.83 Å². The van der Waals surface area contributed by atoms with Gasteiger partial charge in [-0.3, -0.25) is 0 Å². The lowest BCUT2D eigenvalue weighted by Crippen LogP contribution is -1.93.